The van der Waals surface area contributed by atoms with Crippen LogP contribution in [-0.4, -0.2) is 33.3 Å². The second-order valence-electron chi connectivity index (χ2n) is 5.62. The number of nitrogens with one attached hydrogen (secondary N) is 2. The highest BCUT2D eigenvalue weighted by molar-refractivity contribution is 14.0. The smallest absolute Gasteiger partial charge is 0.191 e. The molecule has 1 aromatic carbocycles. The van der Waals surface area contributed by atoms with Gasteiger partial charge in [-0.05, 0) is 43.2 Å². The summed E-state index contributed by atoms with van der Waals surface area (Å²) < 4.78 is 10.8. The molecule has 5 nitrogen and oxygen atoms in total. The average molecular weight is 489 g/mol. The molecule has 2 aromatic rings. The third kappa shape index (κ3) is 8.37. The van der Waals surface area contributed by atoms with Crippen molar-refractivity contribution in [1.29, 1.82) is 0 Å². The van der Waals surface area contributed by atoms with Crippen molar-refractivity contribution in [2.45, 2.75) is 26.5 Å². The molecule has 0 radical (unpaired) electrons. The van der Waals surface area contributed by atoms with Gasteiger partial charge in [0.15, 0.2) is 5.96 Å². The van der Waals surface area contributed by atoms with Crippen molar-refractivity contribution in [1.82, 2.24) is 10.6 Å². The number of nitrogens with zero attached hydrogens (tertiary/aromatic N) is 1. The van der Waals surface area contributed by atoms with Crippen LogP contribution in [-0.2, 0) is 17.9 Å². The number of ether oxygens (including phenoxy) is 2. The van der Waals surface area contributed by atoms with Gasteiger partial charge in [0, 0.05) is 30.0 Å². The normalized spacial score (nSPS) is 11.0. The number of thiophene rings is 1. The number of guanidine groups is 1. The number of hydrogen-bond acceptors (Lipinski definition) is 4. The molecule has 0 atom stereocenters. The summed E-state index contributed by atoms with van der Waals surface area (Å²) in [4.78, 5) is 6.87. The van der Waals surface area contributed by atoms with Gasteiger partial charge in [0.25, 0.3) is 0 Å². The van der Waals surface area contributed by atoms with Crippen molar-refractivity contribution in [2.24, 2.45) is 4.99 Å². The van der Waals surface area contributed by atoms with Gasteiger partial charge < -0.3 is 20.1 Å². The molecule has 0 saturated carbocycles. The highest BCUT2D eigenvalue weighted by Crippen LogP contribution is 2.14. The molecule has 1 heterocycles. The number of methoxy groups -OCH3 is 1. The predicted molar refractivity (Wildman–Crippen MR) is 120 cm³/mol. The summed E-state index contributed by atoms with van der Waals surface area (Å²) in [7, 11) is 3.46. The van der Waals surface area contributed by atoms with Crippen molar-refractivity contribution < 1.29 is 9.47 Å². The van der Waals surface area contributed by atoms with Crippen LogP contribution in [0.2, 0.25) is 0 Å². The lowest BCUT2D eigenvalue weighted by molar-refractivity contribution is 0.119. The minimum absolute atomic E-state index is 0. The van der Waals surface area contributed by atoms with Crippen molar-refractivity contribution in [3.05, 3.63) is 51.7 Å². The summed E-state index contributed by atoms with van der Waals surface area (Å²) >= 11 is 1.80. The fraction of sp³-hybridized carbons (Fsp3) is 0.421. The topological polar surface area (TPSA) is 54.9 Å². The van der Waals surface area contributed by atoms with E-state index in [1.54, 1.807) is 25.5 Å². The Hall–Kier alpha value is -1.32. The van der Waals surface area contributed by atoms with Gasteiger partial charge in [-0.1, -0.05) is 12.1 Å². The first-order chi connectivity index (χ1) is 12.2. The number of halogens is 1. The first kappa shape index (κ1) is 22.7. The molecule has 0 spiro atoms. The number of benzene rings is 1. The zero-order valence-corrected chi connectivity index (χ0v) is 18.7. The van der Waals surface area contributed by atoms with Gasteiger partial charge in [-0.2, -0.15) is 0 Å². The Labute approximate surface area is 177 Å². The van der Waals surface area contributed by atoms with E-state index in [0.29, 0.717) is 13.2 Å². The minimum Gasteiger partial charge on any atom is -0.497 e. The van der Waals surface area contributed by atoms with Crippen LogP contribution in [0.15, 0.2) is 41.4 Å². The standard InChI is InChI=1S/C19H27N3O2S.HI/c1-15-5-10-18(25-15)13-22-19(20-2)21-11-4-12-24-14-16-6-8-17(23-3)9-7-16;/h5-10H,4,11-14H2,1-3H3,(H2,20,21,22);1H. The maximum Gasteiger partial charge on any atom is 0.191 e. The quantitative estimate of drug-likeness (QED) is 0.243. The Morgan fingerprint density at radius 2 is 1.88 bits per heavy atom. The second-order valence-corrected chi connectivity index (χ2v) is 6.99. The van der Waals surface area contributed by atoms with E-state index < -0.39 is 0 Å². The Kier molecular flexibility index (Phi) is 11.3. The summed E-state index contributed by atoms with van der Waals surface area (Å²) in [6.07, 6.45) is 0.926. The van der Waals surface area contributed by atoms with Gasteiger partial charge in [-0.15, -0.1) is 35.3 Å². The fourth-order valence-corrected chi connectivity index (χ4v) is 3.09. The van der Waals surface area contributed by atoms with Crippen molar-refractivity contribution in [3.63, 3.8) is 0 Å². The van der Waals surface area contributed by atoms with E-state index >= 15 is 0 Å². The summed E-state index contributed by atoms with van der Waals surface area (Å²) in [5.74, 6) is 1.69. The molecule has 0 bridgehead atoms. The lowest BCUT2D eigenvalue weighted by Crippen LogP contribution is -2.37. The minimum atomic E-state index is 0. The van der Waals surface area contributed by atoms with Gasteiger partial charge in [0.05, 0.1) is 20.3 Å². The third-order valence-corrected chi connectivity index (χ3v) is 4.64. The lowest BCUT2D eigenvalue weighted by Gasteiger charge is -2.11. The number of aliphatic imine (C=N–C) groups is 1. The third-order valence-electron chi connectivity index (χ3n) is 3.64. The monoisotopic (exact) mass is 489 g/mol. The van der Waals surface area contributed by atoms with Crippen molar-refractivity contribution in [2.75, 3.05) is 27.3 Å². The molecule has 144 valence electrons. The molecule has 1 aromatic heterocycles. The molecule has 0 saturated heterocycles. The summed E-state index contributed by atoms with van der Waals surface area (Å²) in [6.45, 7) is 5.07. The number of rotatable bonds is 9. The van der Waals surface area contributed by atoms with E-state index in [-0.39, 0.29) is 24.0 Å². The summed E-state index contributed by atoms with van der Waals surface area (Å²) in [6, 6.07) is 12.2. The zero-order chi connectivity index (χ0) is 17.9. The molecule has 26 heavy (non-hydrogen) atoms. The van der Waals surface area contributed by atoms with Crippen LogP contribution in [0.5, 0.6) is 5.75 Å². The Bertz CT molecular complexity index is 659. The predicted octanol–water partition coefficient (Wildman–Crippen LogP) is 3.96. The van der Waals surface area contributed by atoms with Gasteiger partial charge >= 0.3 is 0 Å². The van der Waals surface area contributed by atoms with Crippen molar-refractivity contribution >= 4 is 41.3 Å². The molecular weight excluding hydrogens is 461 g/mol. The van der Waals surface area contributed by atoms with Crippen LogP contribution in [0, 0.1) is 6.92 Å². The van der Waals surface area contributed by atoms with Crippen LogP contribution >= 0.6 is 35.3 Å². The molecular formula is C19H28IN3O2S. The maximum absolute atomic E-state index is 5.70. The van der Waals surface area contributed by atoms with E-state index in [2.05, 4.69) is 34.7 Å². The first-order valence-corrected chi connectivity index (χ1v) is 9.23. The first-order valence-electron chi connectivity index (χ1n) is 8.42. The summed E-state index contributed by atoms with van der Waals surface area (Å²) in [5.41, 5.74) is 1.15. The van der Waals surface area contributed by atoms with Crippen LogP contribution in [0.1, 0.15) is 21.7 Å². The highest BCUT2D eigenvalue weighted by Gasteiger charge is 2.00. The van der Waals surface area contributed by atoms with Crippen LogP contribution in [0.25, 0.3) is 0 Å². The van der Waals surface area contributed by atoms with Crippen LogP contribution in [0.3, 0.4) is 0 Å². The maximum atomic E-state index is 5.70. The van der Waals surface area contributed by atoms with Crippen LogP contribution < -0.4 is 15.4 Å². The van der Waals surface area contributed by atoms with E-state index in [1.807, 2.05) is 24.3 Å². The van der Waals surface area contributed by atoms with Crippen molar-refractivity contribution in [3.8, 4) is 5.75 Å². The average Bonchev–Trinajstić information content (AvgIpc) is 3.06. The molecule has 2 N–H and O–H groups in total. The fourth-order valence-electron chi connectivity index (χ4n) is 2.26. The molecule has 0 amide bonds. The number of aryl methyl sites for hydroxylation is 1. The Morgan fingerprint density at radius 3 is 2.50 bits per heavy atom. The SMILES string of the molecule is CN=C(NCCCOCc1ccc(OC)cc1)NCc1ccc(C)s1.I. The Balaban J connectivity index is 0.00000338. The number of hydrogen-bond donors (Lipinski definition) is 2. The molecule has 0 aliphatic rings. The van der Waals surface area contributed by atoms with Gasteiger partial charge in [0.1, 0.15) is 5.75 Å². The molecule has 2 rings (SSSR count). The molecule has 0 aliphatic heterocycles. The van der Waals surface area contributed by atoms with Crippen LogP contribution in [0.4, 0.5) is 0 Å². The van der Waals surface area contributed by atoms with E-state index in [0.717, 1.165) is 36.8 Å². The van der Waals surface area contributed by atoms with Gasteiger partial charge in [-0.3, -0.25) is 4.99 Å². The van der Waals surface area contributed by atoms with Gasteiger partial charge in [0.2, 0.25) is 0 Å². The van der Waals surface area contributed by atoms with E-state index in [4.69, 9.17) is 9.47 Å². The second kappa shape index (κ2) is 12.9. The summed E-state index contributed by atoms with van der Waals surface area (Å²) in [5, 5.41) is 6.63. The molecule has 7 heteroatoms. The Morgan fingerprint density at radius 1 is 1.12 bits per heavy atom. The molecule has 0 aliphatic carbocycles. The van der Waals surface area contributed by atoms with E-state index in [1.165, 1.54) is 9.75 Å². The van der Waals surface area contributed by atoms with E-state index in [9.17, 15) is 0 Å². The largest absolute Gasteiger partial charge is 0.497 e. The highest BCUT2D eigenvalue weighted by atomic mass is 127. The molecule has 0 fully saturated rings. The zero-order valence-electron chi connectivity index (χ0n) is 15.6. The van der Waals surface area contributed by atoms with Gasteiger partial charge in [-0.25, -0.2) is 0 Å². The molecule has 0 unspecified atom stereocenters. The lowest BCUT2D eigenvalue weighted by atomic mass is 10.2.